The third-order valence-corrected chi connectivity index (χ3v) is 5.22. The number of nitrogens with zero attached hydrogens (tertiary/aromatic N) is 1. The molecule has 2 aliphatic heterocycles. The average Bonchev–Trinajstić information content (AvgIpc) is 2.97. The summed E-state index contributed by atoms with van der Waals surface area (Å²) in [5.74, 6) is -0.617. The summed E-state index contributed by atoms with van der Waals surface area (Å²) in [5.41, 5.74) is 1.66. The number of imide groups is 1. The number of rotatable bonds is 6. The summed E-state index contributed by atoms with van der Waals surface area (Å²) in [7, 11) is 0. The summed E-state index contributed by atoms with van der Waals surface area (Å²) in [6.07, 6.45) is 3.71. The minimum absolute atomic E-state index is 0.0825. The Kier molecular flexibility index (Phi) is 6.04. The molecule has 2 fully saturated rings. The molecule has 3 amide bonds. The lowest BCUT2D eigenvalue weighted by Crippen LogP contribution is -2.46. The number of amides is 3. The number of hydrogen-bond donors (Lipinski definition) is 2. The topological polar surface area (TPSA) is 78.5 Å². The van der Waals surface area contributed by atoms with Gasteiger partial charge >= 0.3 is 0 Å². The van der Waals surface area contributed by atoms with E-state index in [1.165, 1.54) is 0 Å². The SMILES string of the molecule is CCCN(C(=O)c1ccc(CC2CC(=O)NC2=O)cc1)C1CCNCC1. The fourth-order valence-corrected chi connectivity index (χ4v) is 3.81. The van der Waals surface area contributed by atoms with Crippen LogP contribution in [0, 0.1) is 5.92 Å². The molecule has 1 atom stereocenters. The zero-order valence-electron chi connectivity index (χ0n) is 15.3. The Hall–Kier alpha value is -2.21. The first-order valence-corrected chi connectivity index (χ1v) is 9.52. The second-order valence-electron chi connectivity index (χ2n) is 7.19. The van der Waals surface area contributed by atoms with E-state index in [1.807, 2.05) is 29.2 Å². The first-order chi connectivity index (χ1) is 12.6. The minimum atomic E-state index is -0.296. The van der Waals surface area contributed by atoms with Crippen molar-refractivity contribution in [2.45, 2.75) is 45.1 Å². The molecule has 2 saturated heterocycles. The van der Waals surface area contributed by atoms with Gasteiger partial charge in [-0.05, 0) is 56.5 Å². The van der Waals surface area contributed by atoms with Gasteiger partial charge in [0.15, 0.2) is 0 Å². The minimum Gasteiger partial charge on any atom is -0.336 e. The Morgan fingerprint density at radius 1 is 1.15 bits per heavy atom. The van der Waals surface area contributed by atoms with Crippen LogP contribution in [0.4, 0.5) is 0 Å². The molecular formula is C20H27N3O3. The molecule has 1 aromatic rings. The van der Waals surface area contributed by atoms with Crippen molar-refractivity contribution in [3.05, 3.63) is 35.4 Å². The van der Waals surface area contributed by atoms with Crippen LogP contribution in [0.25, 0.3) is 0 Å². The van der Waals surface area contributed by atoms with Crippen molar-refractivity contribution in [3.63, 3.8) is 0 Å². The van der Waals surface area contributed by atoms with Gasteiger partial charge in [0, 0.05) is 24.6 Å². The third-order valence-electron chi connectivity index (χ3n) is 5.22. The normalized spacial score (nSPS) is 20.9. The van der Waals surface area contributed by atoms with Crippen molar-refractivity contribution in [3.8, 4) is 0 Å². The van der Waals surface area contributed by atoms with Crippen LogP contribution in [-0.2, 0) is 16.0 Å². The molecule has 2 N–H and O–H groups in total. The molecule has 26 heavy (non-hydrogen) atoms. The van der Waals surface area contributed by atoms with Gasteiger partial charge in [-0.25, -0.2) is 0 Å². The fraction of sp³-hybridized carbons (Fsp3) is 0.550. The monoisotopic (exact) mass is 357 g/mol. The van der Waals surface area contributed by atoms with Crippen LogP contribution in [0.2, 0.25) is 0 Å². The standard InChI is InChI=1S/C20H27N3O3/c1-2-11-23(17-7-9-21-10-8-17)20(26)15-5-3-14(4-6-15)12-16-13-18(24)22-19(16)25/h3-6,16-17,21H,2,7-13H2,1H3,(H,22,24,25). The summed E-state index contributed by atoms with van der Waals surface area (Å²) in [5, 5.41) is 5.68. The van der Waals surface area contributed by atoms with Crippen LogP contribution < -0.4 is 10.6 Å². The second-order valence-corrected chi connectivity index (χ2v) is 7.19. The van der Waals surface area contributed by atoms with E-state index in [0.29, 0.717) is 18.0 Å². The molecule has 6 heteroatoms. The van der Waals surface area contributed by atoms with Crippen LogP contribution in [0.5, 0.6) is 0 Å². The molecule has 0 aliphatic carbocycles. The van der Waals surface area contributed by atoms with E-state index in [1.54, 1.807) is 0 Å². The van der Waals surface area contributed by atoms with E-state index < -0.39 is 0 Å². The Morgan fingerprint density at radius 3 is 2.42 bits per heavy atom. The second kappa shape index (κ2) is 8.45. The van der Waals surface area contributed by atoms with Gasteiger partial charge in [-0.3, -0.25) is 19.7 Å². The summed E-state index contributed by atoms with van der Waals surface area (Å²) in [6, 6.07) is 7.79. The van der Waals surface area contributed by atoms with E-state index in [2.05, 4.69) is 17.6 Å². The van der Waals surface area contributed by atoms with Crippen LogP contribution in [0.1, 0.15) is 48.5 Å². The maximum absolute atomic E-state index is 13.0. The number of nitrogens with one attached hydrogen (secondary N) is 2. The summed E-state index contributed by atoms with van der Waals surface area (Å²) < 4.78 is 0. The number of hydrogen-bond acceptors (Lipinski definition) is 4. The molecule has 0 bridgehead atoms. The lowest BCUT2D eigenvalue weighted by molar-refractivity contribution is -0.125. The molecule has 1 unspecified atom stereocenters. The Balaban J connectivity index is 1.66. The highest BCUT2D eigenvalue weighted by Gasteiger charge is 2.30. The number of piperidine rings is 1. The maximum Gasteiger partial charge on any atom is 0.254 e. The van der Waals surface area contributed by atoms with Gasteiger partial charge in [0.05, 0.1) is 5.92 Å². The van der Waals surface area contributed by atoms with E-state index in [4.69, 9.17) is 0 Å². The molecule has 0 aromatic heterocycles. The lowest BCUT2D eigenvalue weighted by Gasteiger charge is -2.34. The van der Waals surface area contributed by atoms with E-state index in [9.17, 15) is 14.4 Å². The molecule has 0 radical (unpaired) electrons. The van der Waals surface area contributed by atoms with Gasteiger partial charge in [-0.2, -0.15) is 0 Å². The number of carbonyl (C=O) groups is 3. The van der Waals surface area contributed by atoms with Gasteiger partial charge in [-0.15, -0.1) is 0 Å². The van der Waals surface area contributed by atoms with E-state index in [0.717, 1.165) is 44.5 Å². The molecule has 0 saturated carbocycles. The lowest BCUT2D eigenvalue weighted by atomic mass is 9.96. The molecule has 0 spiro atoms. The van der Waals surface area contributed by atoms with Crippen molar-refractivity contribution in [1.82, 2.24) is 15.5 Å². The van der Waals surface area contributed by atoms with Crippen LogP contribution in [0.15, 0.2) is 24.3 Å². The van der Waals surface area contributed by atoms with Crippen LogP contribution in [0.3, 0.4) is 0 Å². The Morgan fingerprint density at radius 2 is 1.85 bits per heavy atom. The summed E-state index contributed by atoms with van der Waals surface area (Å²) >= 11 is 0. The van der Waals surface area contributed by atoms with Crippen molar-refractivity contribution < 1.29 is 14.4 Å². The number of carbonyl (C=O) groups excluding carboxylic acids is 3. The highest BCUT2D eigenvalue weighted by atomic mass is 16.2. The molecule has 140 valence electrons. The van der Waals surface area contributed by atoms with Crippen molar-refractivity contribution in [1.29, 1.82) is 0 Å². The third kappa shape index (κ3) is 4.30. The van der Waals surface area contributed by atoms with Crippen molar-refractivity contribution in [2.75, 3.05) is 19.6 Å². The predicted octanol–water partition coefficient (Wildman–Crippen LogP) is 1.50. The number of benzene rings is 1. The van der Waals surface area contributed by atoms with Gasteiger partial charge in [0.25, 0.3) is 5.91 Å². The molecular weight excluding hydrogens is 330 g/mol. The first-order valence-electron chi connectivity index (χ1n) is 9.52. The van der Waals surface area contributed by atoms with E-state index >= 15 is 0 Å². The first kappa shape index (κ1) is 18.6. The Bertz CT molecular complexity index is 665. The molecule has 2 aliphatic rings. The highest BCUT2D eigenvalue weighted by molar-refractivity contribution is 6.03. The molecule has 6 nitrogen and oxygen atoms in total. The van der Waals surface area contributed by atoms with Gasteiger partial charge in [0.1, 0.15) is 0 Å². The van der Waals surface area contributed by atoms with Gasteiger partial charge in [0.2, 0.25) is 11.8 Å². The molecule has 3 rings (SSSR count). The molecule has 2 heterocycles. The van der Waals surface area contributed by atoms with Crippen molar-refractivity contribution >= 4 is 17.7 Å². The van der Waals surface area contributed by atoms with Crippen LogP contribution >= 0.6 is 0 Å². The largest absolute Gasteiger partial charge is 0.336 e. The zero-order chi connectivity index (χ0) is 18.5. The zero-order valence-corrected chi connectivity index (χ0v) is 15.3. The van der Waals surface area contributed by atoms with E-state index in [-0.39, 0.29) is 30.1 Å². The average molecular weight is 357 g/mol. The van der Waals surface area contributed by atoms with Gasteiger partial charge < -0.3 is 10.2 Å². The Labute approximate surface area is 154 Å². The smallest absolute Gasteiger partial charge is 0.254 e. The summed E-state index contributed by atoms with van der Waals surface area (Å²) in [4.78, 5) is 38.0. The molecule has 1 aromatic carbocycles. The summed E-state index contributed by atoms with van der Waals surface area (Å²) in [6.45, 7) is 4.78. The van der Waals surface area contributed by atoms with Gasteiger partial charge in [-0.1, -0.05) is 19.1 Å². The van der Waals surface area contributed by atoms with Crippen molar-refractivity contribution in [2.24, 2.45) is 5.92 Å². The highest BCUT2D eigenvalue weighted by Crippen LogP contribution is 2.20. The fourth-order valence-electron chi connectivity index (χ4n) is 3.81. The predicted molar refractivity (Wildman–Crippen MR) is 98.6 cm³/mol. The van der Waals surface area contributed by atoms with Crippen LogP contribution in [-0.4, -0.2) is 48.3 Å². The maximum atomic E-state index is 13.0. The quantitative estimate of drug-likeness (QED) is 0.756.